The summed E-state index contributed by atoms with van der Waals surface area (Å²) in [6.45, 7) is 0. The van der Waals surface area contributed by atoms with Gasteiger partial charge in [-0.25, -0.2) is 4.79 Å². The summed E-state index contributed by atoms with van der Waals surface area (Å²) in [7, 11) is 0. The highest BCUT2D eigenvalue weighted by atomic mass is 35.5. The summed E-state index contributed by atoms with van der Waals surface area (Å²) < 4.78 is 0. The molecule has 0 saturated heterocycles. The van der Waals surface area contributed by atoms with Gasteiger partial charge in [0, 0.05) is 5.56 Å². The number of hydrogen-bond acceptors (Lipinski definition) is 3. The minimum Gasteiger partial charge on any atom is -0.506 e. The second kappa shape index (κ2) is 5.41. The zero-order valence-electron chi connectivity index (χ0n) is 11.3. The number of rotatable bonds is 2. The Morgan fingerprint density at radius 3 is 2.71 bits per heavy atom. The molecule has 1 aliphatic rings. The lowest BCUT2D eigenvalue weighted by Crippen LogP contribution is -1.97. The van der Waals surface area contributed by atoms with Crippen LogP contribution in [0.5, 0.6) is 5.75 Å². The summed E-state index contributed by atoms with van der Waals surface area (Å²) in [6, 6.07) is 3.24. The van der Waals surface area contributed by atoms with Gasteiger partial charge in [-0.15, -0.1) is 0 Å². The minimum atomic E-state index is -1.08. The molecule has 1 aromatic heterocycles. The predicted molar refractivity (Wildman–Crippen MR) is 78.9 cm³/mol. The first kappa shape index (κ1) is 13.9. The number of halogens is 1. The molecule has 3 N–H and O–H groups in total. The van der Waals surface area contributed by atoms with Crippen molar-refractivity contribution in [3.05, 3.63) is 34.0 Å². The third-order valence-electron chi connectivity index (χ3n) is 3.89. The minimum absolute atomic E-state index is 0.00764. The lowest BCUT2D eigenvalue weighted by atomic mass is 9.94. The van der Waals surface area contributed by atoms with Gasteiger partial charge in [0.1, 0.15) is 11.4 Å². The van der Waals surface area contributed by atoms with E-state index in [9.17, 15) is 9.90 Å². The van der Waals surface area contributed by atoms with Crippen molar-refractivity contribution in [2.45, 2.75) is 32.1 Å². The molecule has 2 aromatic rings. The zero-order valence-corrected chi connectivity index (χ0v) is 12.1. The molecule has 21 heavy (non-hydrogen) atoms. The van der Waals surface area contributed by atoms with Crippen LogP contribution < -0.4 is 0 Å². The van der Waals surface area contributed by atoms with Gasteiger partial charge < -0.3 is 10.2 Å². The molecule has 110 valence electrons. The molecule has 1 aromatic carbocycles. The number of aryl methyl sites for hydroxylation is 1. The van der Waals surface area contributed by atoms with Crippen LogP contribution in [0.1, 0.15) is 40.9 Å². The quantitative estimate of drug-likeness (QED) is 0.742. The van der Waals surface area contributed by atoms with Crippen LogP contribution in [0.4, 0.5) is 0 Å². The van der Waals surface area contributed by atoms with Gasteiger partial charge in [-0.2, -0.15) is 5.10 Å². The fourth-order valence-corrected chi connectivity index (χ4v) is 3.10. The molecule has 0 unspecified atom stereocenters. The molecular weight excluding hydrogens is 292 g/mol. The van der Waals surface area contributed by atoms with Crippen molar-refractivity contribution in [3.63, 3.8) is 0 Å². The van der Waals surface area contributed by atoms with E-state index in [1.807, 2.05) is 6.07 Å². The van der Waals surface area contributed by atoms with E-state index < -0.39 is 5.97 Å². The molecule has 0 saturated carbocycles. The monoisotopic (exact) mass is 306 g/mol. The molecular formula is C15H15ClN2O3. The summed E-state index contributed by atoms with van der Waals surface area (Å²) in [5, 5.41) is 26.1. The third-order valence-corrected chi connectivity index (χ3v) is 4.18. The van der Waals surface area contributed by atoms with Crippen molar-refractivity contribution in [1.29, 1.82) is 0 Å². The second-order valence-electron chi connectivity index (χ2n) is 5.25. The van der Waals surface area contributed by atoms with Crippen LogP contribution >= 0.6 is 11.6 Å². The van der Waals surface area contributed by atoms with Gasteiger partial charge in [-0.3, -0.25) is 5.10 Å². The smallest absolute Gasteiger partial charge is 0.353 e. The topological polar surface area (TPSA) is 86.2 Å². The number of aromatic hydroxyl groups is 1. The Hall–Kier alpha value is -2.01. The van der Waals surface area contributed by atoms with E-state index in [1.54, 1.807) is 0 Å². The van der Waals surface area contributed by atoms with E-state index in [-0.39, 0.29) is 16.5 Å². The van der Waals surface area contributed by atoms with E-state index in [4.69, 9.17) is 16.7 Å². The molecule has 1 aliphatic carbocycles. The van der Waals surface area contributed by atoms with Crippen LogP contribution in [-0.2, 0) is 12.8 Å². The van der Waals surface area contributed by atoms with Crippen LogP contribution in [0.2, 0.25) is 5.02 Å². The molecule has 0 atom stereocenters. The van der Waals surface area contributed by atoms with Gasteiger partial charge in [-0.05, 0) is 48.9 Å². The van der Waals surface area contributed by atoms with Crippen molar-refractivity contribution in [2.24, 2.45) is 0 Å². The van der Waals surface area contributed by atoms with Crippen LogP contribution in [-0.4, -0.2) is 26.4 Å². The van der Waals surface area contributed by atoms with Gasteiger partial charge in [-0.1, -0.05) is 18.0 Å². The predicted octanol–water partition coefficient (Wildman–Crippen LogP) is 3.40. The number of nitrogens with zero attached hydrogens (tertiary/aromatic N) is 1. The molecule has 0 radical (unpaired) electrons. The van der Waals surface area contributed by atoms with Gasteiger partial charge in [0.05, 0.1) is 10.7 Å². The standard InChI is InChI=1S/C15H15ClN2O3/c16-10-6-8-4-2-1-3-5-9(8)13(14(10)19)11-7-12(15(20)21)18-17-11/h6-7,19H,1-5H2,(H,17,18)(H,20,21). The average molecular weight is 307 g/mol. The maximum Gasteiger partial charge on any atom is 0.353 e. The number of aromatic nitrogens is 2. The molecule has 5 nitrogen and oxygen atoms in total. The highest BCUT2D eigenvalue weighted by Gasteiger charge is 2.22. The Balaban J connectivity index is 2.19. The molecule has 0 bridgehead atoms. The second-order valence-corrected chi connectivity index (χ2v) is 5.66. The SMILES string of the molecule is O=C(O)c1cc(-c2c(O)c(Cl)cc3c2CCCCC3)n[nH]1. The van der Waals surface area contributed by atoms with Crippen molar-refractivity contribution >= 4 is 17.6 Å². The Bertz CT molecular complexity index is 709. The number of phenolic OH excluding ortho intramolecular Hbond substituents is 1. The van der Waals surface area contributed by atoms with Gasteiger partial charge in [0.2, 0.25) is 0 Å². The number of fused-ring (bicyclic) bond motifs is 1. The van der Waals surface area contributed by atoms with Crippen LogP contribution in [0.15, 0.2) is 12.1 Å². The van der Waals surface area contributed by atoms with Gasteiger partial charge in [0.25, 0.3) is 0 Å². The lowest BCUT2D eigenvalue weighted by Gasteiger charge is -2.14. The Labute approximate surface area is 126 Å². The number of carboxylic acid groups (broad SMARTS) is 1. The first-order chi connectivity index (χ1) is 10.1. The van der Waals surface area contributed by atoms with Crippen molar-refractivity contribution in [3.8, 4) is 17.0 Å². The maximum atomic E-state index is 11.0. The number of aromatic carboxylic acids is 1. The normalized spacial score (nSPS) is 14.5. The van der Waals surface area contributed by atoms with Crippen molar-refractivity contribution < 1.29 is 15.0 Å². The number of carboxylic acids is 1. The lowest BCUT2D eigenvalue weighted by molar-refractivity contribution is 0.0690. The van der Waals surface area contributed by atoms with Gasteiger partial charge in [0.15, 0.2) is 0 Å². The number of nitrogens with one attached hydrogen (secondary N) is 1. The third kappa shape index (κ3) is 2.49. The number of phenols is 1. The number of H-pyrrole nitrogens is 1. The summed E-state index contributed by atoms with van der Waals surface area (Å²) in [6.07, 6.45) is 5.02. The zero-order chi connectivity index (χ0) is 15.0. The first-order valence-electron chi connectivity index (χ1n) is 6.90. The molecule has 0 fully saturated rings. The number of carbonyl (C=O) groups is 1. The average Bonchev–Trinajstić information content (AvgIpc) is 2.82. The summed E-state index contributed by atoms with van der Waals surface area (Å²) in [5.74, 6) is -1.11. The fourth-order valence-electron chi connectivity index (χ4n) is 2.87. The fraction of sp³-hybridized carbons (Fsp3) is 0.333. The highest BCUT2D eigenvalue weighted by molar-refractivity contribution is 6.32. The number of aromatic amines is 1. The van der Waals surface area contributed by atoms with Crippen LogP contribution in [0.3, 0.4) is 0 Å². The van der Waals surface area contributed by atoms with E-state index >= 15 is 0 Å². The molecule has 1 heterocycles. The van der Waals surface area contributed by atoms with E-state index in [1.165, 1.54) is 6.07 Å². The summed E-state index contributed by atoms with van der Waals surface area (Å²) in [5.41, 5.74) is 3.11. The number of hydrogen-bond donors (Lipinski definition) is 3. The highest BCUT2D eigenvalue weighted by Crippen LogP contribution is 2.41. The maximum absolute atomic E-state index is 11.0. The Morgan fingerprint density at radius 1 is 1.24 bits per heavy atom. The molecule has 0 amide bonds. The molecule has 0 aliphatic heterocycles. The van der Waals surface area contributed by atoms with Crippen LogP contribution in [0, 0.1) is 0 Å². The molecule has 3 rings (SSSR count). The van der Waals surface area contributed by atoms with Crippen LogP contribution in [0.25, 0.3) is 11.3 Å². The first-order valence-corrected chi connectivity index (χ1v) is 7.28. The van der Waals surface area contributed by atoms with Crippen molar-refractivity contribution in [1.82, 2.24) is 10.2 Å². The van der Waals surface area contributed by atoms with Crippen molar-refractivity contribution in [2.75, 3.05) is 0 Å². The van der Waals surface area contributed by atoms with E-state index in [0.29, 0.717) is 11.3 Å². The Morgan fingerprint density at radius 2 is 2.00 bits per heavy atom. The molecule has 0 spiro atoms. The Kier molecular flexibility index (Phi) is 3.59. The largest absolute Gasteiger partial charge is 0.506 e. The molecule has 6 heteroatoms. The van der Waals surface area contributed by atoms with Gasteiger partial charge >= 0.3 is 5.97 Å². The summed E-state index contributed by atoms with van der Waals surface area (Å²) >= 11 is 6.12. The number of benzene rings is 1. The van der Waals surface area contributed by atoms with E-state index in [0.717, 1.165) is 43.2 Å². The summed E-state index contributed by atoms with van der Waals surface area (Å²) in [4.78, 5) is 11.0. The van der Waals surface area contributed by atoms with E-state index in [2.05, 4.69) is 10.2 Å².